The predicted octanol–water partition coefficient (Wildman–Crippen LogP) is 4.16. The van der Waals surface area contributed by atoms with Gasteiger partial charge in [0.1, 0.15) is 17.1 Å². The van der Waals surface area contributed by atoms with Gasteiger partial charge in [-0.1, -0.05) is 25.7 Å². The second kappa shape index (κ2) is 6.06. The van der Waals surface area contributed by atoms with Gasteiger partial charge in [0, 0.05) is 18.2 Å². The molecule has 2 aromatic rings. The molecule has 0 radical (unpaired) electrons. The number of imidazole rings is 1. The van der Waals surface area contributed by atoms with Crippen LogP contribution in [0.5, 0.6) is 0 Å². The number of carbonyl (C=O) groups excluding carboxylic acids is 1. The molecule has 0 bridgehead atoms. The number of rotatable bonds is 5. The van der Waals surface area contributed by atoms with Crippen molar-refractivity contribution in [2.75, 3.05) is 0 Å². The maximum absolute atomic E-state index is 12.5. The zero-order valence-electron chi connectivity index (χ0n) is 13.9. The Balaban J connectivity index is 1.61. The van der Waals surface area contributed by atoms with E-state index in [1.54, 1.807) is 0 Å². The van der Waals surface area contributed by atoms with E-state index >= 15 is 0 Å². The third-order valence-electron chi connectivity index (χ3n) is 5.54. The van der Waals surface area contributed by atoms with Crippen molar-refractivity contribution < 1.29 is 4.79 Å². The van der Waals surface area contributed by atoms with E-state index in [4.69, 9.17) is 9.97 Å². The van der Waals surface area contributed by atoms with E-state index in [0.717, 1.165) is 29.1 Å². The van der Waals surface area contributed by atoms with Crippen LogP contribution in [0.1, 0.15) is 68.9 Å². The summed E-state index contributed by atoms with van der Waals surface area (Å²) in [5, 5.41) is 0. The lowest BCUT2D eigenvalue weighted by Gasteiger charge is -2.28. The smallest absolute Gasteiger partial charge is 0.160 e. The maximum atomic E-state index is 12.5. The molecular weight excluding hydrogens is 286 g/mol. The number of hydrogen-bond donors (Lipinski definition) is 0. The average molecular weight is 311 g/mol. The molecule has 0 unspecified atom stereocenters. The van der Waals surface area contributed by atoms with Crippen molar-refractivity contribution in [3.05, 3.63) is 23.7 Å². The second-order valence-electron chi connectivity index (χ2n) is 7.35. The second-order valence-corrected chi connectivity index (χ2v) is 7.35. The van der Waals surface area contributed by atoms with Crippen molar-refractivity contribution in [2.45, 2.75) is 70.8 Å². The van der Waals surface area contributed by atoms with Crippen LogP contribution in [-0.2, 0) is 11.2 Å². The molecule has 0 atom stereocenters. The molecule has 0 aromatic carbocycles. The van der Waals surface area contributed by atoms with E-state index < -0.39 is 0 Å². The van der Waals surface area contributed by atoms with Crippen LogP contribution in [0.4, 0.5) is 0 Å². The van der Waals surface area contributed by atoms with Crippen LogP contribution in [0.3, 0.4) is 0 Å². The third-order valence-corrected chi connectivity index (χ3v) is 5.54. The zero-order chi connectivity index (χ0) is 15.8. The van der Waals surface area contributed by atoms with Crippen molar-refractivity contribution in [3.63, 3.8) is 0 Å². The van der Waals surface area contributed by atoms with Gasteiger partial charge in [0.2, 0.25) is 0 Å². The number of aryl methyl sites for hydroxylation is 1. The summed E-state index contributed by atoms with van der Waals surface area (Å²) in [6.07, 6.45) is 9.89. The summed E-state index contributed by atoms with van der Waals surface area (Å²) in [6, 6.07) is 4.53. The largest absolute Gasteiger partial charge is 0.309 e. The number of carbonyl (C=O) groups is 1. The summed E-state index contributed by atoms with van der Waals surface area (Å²) in [5.74, 6) is 1.90. The predicted molar refractivity (Wildman–Crippen MR) is 90.4 cm³/mol. The van der Waals surface area contributed by atoms with Crippen LogP contribution >= 0.6 is 0 Å². The van der Waals surface area contributed by atoms with Crippen LogP contribution < -0.4 is 0 Å². The topological polar surface area (TPSA) is 47.8 Å². The SMILES string of the molecule is Cc1ccc2nc(CC(=O)CC3CCCC3)n(C3CCC3)c2n1. The molecule has 0 saturated heterocycles. The first-order valence-electron chi connectivity index (χ1n) is 9.07. The molecule has 2 fully saturated rings. The van der Waals surface area contributed by atoms with Gasteiger partial charge in [-0.05, 0) is 44.2 Å². The van der Waals surface area contributed by atoms with E-state index in [9.17, 15) is 4.79 Å². The molecule has 2 aromatic heterocycles. The van der Waals surface area contributed by atoms with Crippen LogP contribution in [-0.4, -0.2) is 20.3 Å². The molecule has 4 rings (SSSR count). The summed E-state index contributed by atoms with van der Waals surface area (Å²) in [7, 11) is 0. The lowest BCUT2D eigenvalue weighted by molar-refractivity contribution is -0.119. The van der Waals surface area contributed by atoms with Gasteiger partial charge in [0.05, 0.1) is 6.42 Å². The summed E-state index contributed by atoms with van der Waals surface area (Å²) in [6.45, 7) is 2.02. The highest BCUT2D eigenvalue weighted by Crippen LogP contribution is 2.35. The first-order valence-corrected chi connectivity index (χ1v) is 9.07. The van der Waals surface area contributed by atoms with E-state index in [0.29, 0.717) is 24.2 Å². The van der Waals surface area contributed by atoms with Gasteiger partial charge in [0.15, 0.2) is 5.65 Å². The molecule has 122 valence electrons. The van der Waals surface area contributed by atoms with Crippen LogP contribution in [0, 0.1) is 12.8 Å². The molecule has 0 aliphatic heterocycles. The number of fused-ring (bicyclic) bond motifs is 1. The lowest BCUT2D eigenvalue weighted by atomic mass is 9.92. The van der Waals surface area contributed by atoms with Gasteiger partial charge < -0.3 is 4.57 Å². The summed E-state index contributed by atoms with van der Waals surface area (Å²) < 4.78 is 2.26. The molecule has 0 N–H and O–H groups in total. The molecule has 2 saturated carbocycles. The van der Waals surface area contributed by atoms with Crippen molar-refractivity contribution in [1.29, 1.82) is 0 Å². The monoisotopic (exact) mass is 311 g/mol. The first-order chi connectivity index (χ1) is 11.2. The number of nitrogens with zero attached hydrogens (tertiary/aromatic N) is 3. The molecule has 2 aliphatic rings. The Kier molecular flexibility index (Phi) is 3.92. The van der Waals surface area contributed by atoms with Crippen molar-refractivity contribution in [2.24, 2.45) is 5.92 Å². The Morgan fingerprint density at radius 3 is 2.61 bits per heavy atom. The van der Waals surface area contributed by atoms with Crippen molar-refractivity contribution in [1.82, 2.24) is 14.5 Å². The standard InChI is InChI=1S/C19H25N3O/c1-13-9-10-17-19(20-13)22(15-7-4-8-15)18(21-17)12-16(23)11-14-5-2-3-6-14/h9-10,14-15H,2-8,11-12H2,1H3. The van der Waals surface area contributed by atoms with E-state index in [2.05, 4.69) is 4.57 Å². The van der Waals surface area contributed by atoms with Gasteiger partial charge >= 0.3 is 0 Å². The van der Waals surface area contributed by atoms with Gasteiger partial charge in [-0.2, -0.15) is 0 Å². The molecule has 0 amide bonds. The zero-order valence-corrected chi connectivity index (χ0v) is 13.9. The quantitative estimate of drug-likeness (QED) is 0.833. The Hall–Kier alpha value is -1.71. The number of ketones is 1. The van der Waals surface area contributed by atoms with Gasteiger partial charge in [-0.25, -0.2) is 9.97 Å². The van der Waals surface area contributed by atoms with Gasteiger partial charge in [-0.15, -0.1) is 0 Å². The molecule has 0 spiro atoms. The molecule has 23 heavy (non-hydrogen) atoms. The fraction of sp³-hybridized carbons (Fsp3) is 0.632. The summed E-state index contributed by atoms with van der Waals surface area (Å²) in [4.78, 5) is 22.0. The number of hydrogen-bond acceptors (Lipinski definition) is 3. The van der Waals surface area contributed by atoms with E-state index in [1.807, 2.05) is 19.1 Å². The minimum absolute atomic E-state index is 0.351. The fourth-order valence-electron chi connectivity index (χ4n) is 4.05. The van der Waals surface area contributed by atoms with E-state index in [-0.39, 0.29) is 0 Å². The molecule has 2 aliphatic carbocycles. The first kappa shape index (κ1) is 14.9. The number of aromatic nitrogens is 3. The lowest BCUT2D eigenvalue weighted by Crippen LogP contribution is -2.21. The fourth-order valence-corrected chi connectivity index (χ4v) is 4.05. The highest BCUT2D eigenvalue weighted by atomic mass is 16.1. The maximum Gasteiger partial charge on any atom is 0.160 e. The van der Waals surface area contributed by atoms with Crippen LogP contribution in [0.25, 0.3) is 11.2 Å². The van der Waals surface area contributed by atoms with Gasteiger partial charge in [0.25, 0.3) is 0 Å². The van der Waals surface area contributed by atoms with Gasteiger partial charge in [-0.3, -0.25) is 4.79 Å². The third kappa shape index (κ3) is 2.91. The van der Waals surface area contributed by atoms with Crippen molar-refractivity contribution in [3.8, 4) is 0 Å². The van der Waals surface area contributed by atoms with Crippen LogP contribution in [0.15, 0.2) is 12.1 Å². The Morgan fingerprint density at radius 2 is 1.91 bits per heavy atom. The molecule has 4 nitrogen and oxygen atoms in total. The summed E-state index contributed by atoms with van der Waals surface area (Å²) in [5.41, 5.74) is 2.92. The number of Topliss-reactive ketones (excluding diaryl/α,β-unsaturated/α-hetero) is 1. The Labute approximate surface area is 137 Å². The van der Waals surface area contributed by atoms with E-state index in [1.165, 1.54) is 44.9 Å². The molecule has 2 heterocycles. The minimum Gasteiger partial charge on any atom is -0.309 e. The number of pyridine rings is 1. The highest BCUT2D eigenvalue weighted by molar-refractivity contribution is 5.82. The Morgan fingerprint density at radius 1 is 1.13 bits per heavy atom. The average Bonchev–Trinajstić information content (AvgIpc) is 3.07. The normalized spacial score (nSPS) is 19.3. The molecular formula is C19H25N3O. The van der Waals surface area contributed by atoms with Crippen LogP contribution in [0.2, 0.25) is 0 Å². The minimum atomic E-state index is 0.351. The van der Waals surface area contributed by atoms with Crippen molar-refractivity contribution >= 4 is 16.9 Å². The summed E-state index contributed by atoms with van der Waals surface area (Å²) >= 11 is 0. The Bertz CT molecular complexity index is 724. The molecule has 4 heteroatoms. The highest BCUT2D eigenvalue weighted by Gasteiger charge is 2.27.